The number of hydrogen-bond donors (Lipinski definition) is 2. The summed E-state index contributed by atoms with van der Waals surface area (Å²) < 4.78 is 5.06. The maximum Gasteiger partial charge on any atom is 0.143 e. The fourth-order valence-electron chi connectivity index (χ4n) is 1.32. The summed E-state index contributed by atoms with van der Waals surface area (Å²) in [7, 11) is 1.51. The molecule has 1 aromatic rings. The van der Waals surface area contributed by atoms with Gasteiger partial charge in [-0.15, -0.1) is 0 Å². The average Bonchev–Trinajstić information content (AvgIpc) is 2.26. The van der Waals surface area contributed by atoms with Crippen LogP contribution in [0.2, 0.25) is 0 Å². The molecule has 0 aliphatic carbocycles. The lowest BCUT2D eigenvalue weighted by Crippen LogP contribution is -2.25. The van der Waals surface area contributed by atoms with E-state index in [-0.39, 0.29) is 5.92 Å². The summed E-state index contributed by atoms with van der Waals surface area (Å²) >= 11 is 0. The van der Waals surface area contributed by atoms with Crippen LogP contribution in [-0.4, -0.2) is 28.4 Å². The molecule has 15 heavy (non-hydrogen) atoms. The molecule has 0 amide bonds. The van der Waals surface area contributed by atoms with Gasteiger partial charge in [0.2, 0.25) is 0 Å². The van der Waals surface area contributed by atoms with Crippen LogP contribution in [-0.2, 0) is 0 Å². The highest BCUT2D eigenvalue weighted by molar-refractivity contribution is 5.29. The number of methoxy groups -OCH3 is 1. The first-order chi connectivity index (χ1) is 7.07. The van der Waals surface area contributed by atoms with Gasteiger partial charge in [-0.1, -0.05) is 13.8 Å². The fourth-order valence-corrected chi connectivity index (χ4v) is 1.32. The Kier molecular flexibility index (Phi) is 4.05. The van der Waals surface area contributed by atoms with Crippen LogP contribution in [0.4, 0.5) is 0 Å². The minimum Gasteiger partial charge on any atom is -0.495 e. The zero-order valence-electron chi connectivity index (χ0n) is 9.21. The largest absolute Gasteiger partial charge is 0.495 e. The molecule has 2 N–H and O–H groups in total. The maximum absolute atomic E-state index is 9.88. The Morgan fingerprint density at radius 3 is 2.53 bits per heavy atom. The highest BCUT2D eigenvalue weighted by atomic mass is 16.5. The van der Waals surface area contributed by atoms with E-state index in [2.05, 4.69) is 4.98 Å². The molecule has 2 unspecified atom stereocenters. The summed E-state index contributed by atoms with van der Waals surface area (Å²) in [6.07, 6.45) is -0.288. The van der Waals surface area contributed by atoms with Gasteiger partial charge in [0.1, 0.15) is 17.5 Å². The number of hydrogen-bond acceptors (Lipinski definition) is 4. The Labute approximate surface area is 89.5 Å². The van der Waals surface area contributed by atoms with Gasteiger partial charge in [-0.05, 0) is 18.1 Å². The van der Waals surface area contributed by atoms with Gasteiger partial charge in [-0.2, -0.15) is 0 Å². The van der Waals surface area contributed by atoms with Gasteiger partial charge in [-0.25, -0.2) is 0 Å². The minimum atomic E-state index is -1.01. The molecule has 0 spiro atoms. The molecule has 0 saturated carbocycles. The predicted octanol–water partition coefficient (Wildman–Crippen LogP) is 1.14. The molecule has 0 aliphatic rings. The van der Waals surface area contributed by atoms with Crippen molar-refractivity contribution in [3.05, 3.63) is 24.0 Å². The van der Waals surface area contributed by atoms with E-state index in [9.17, 15) is 10.2 Å². The second kappa shape index (κ2) is 5.09. The SMILES string of the molecule is COc1cccnc1C(O)C(O)C(C)C. The van der Waals surface area contributed by atoms with Gasteiger partial charge in [0.15, 0.2) is 0 Å². The smallest absolute Gasteiger partial charge is 0.143 e. The van der Waals surface area contributed by atoms with E-state index < -0.39 is 12.2 Å². The van der Waals surface area contributed by atoms with Gasteiger partial charge in [0, 0.05) is 6.20 Å². The lowest BCUT2D eigenvalue weighted by molar-refractivity contribution is -0.0128. The molecular weight excluding hydrogens is 194 g/mol. The summed E-state index contributed by atoms with van der Waals surface area (Å²) in [6.45, 7) is 3.67. The first-order valence-corrected chi connectivity index (χ1v) is 4.93. The number of ether oxygens (including phenoxy) is 1. The van der Waals surface area contributed by atoms with Gasteiger partial charge in [-0.3, -0.25) is 4.98 Å². The lowest BCUT2D eigenvalue weighted by Gasteiger charge is -2.21. The molecule has 0 saturated heterocycles. The van der Waals surface area contributed by atoms with Crippen LogP contribution in [0.3, 0.4) is 0 Å². The van der Waals surface area contributed by atoms with E-state index in [4.69, 9.17) is 4.74 Å². The first kappa shape index (κ1) is 11.9. The maximum atomic E-state index is 9.88. The third-order valence-electron chi connectivity index (χ3n) is 2.31. The quantitative estimate of drug-likeness (QED) is 0.784. The van der Waals surface area contributed by atoms with Crippen molar-refractivity contribution in [1.82, 2.24) is 4.98 Å². The number of nitrogens with zero attached hydrogens (tertiary/aromatic N) is 1. The molecule has 1 rings (SSSR count). The molecule has 84 valence electrons. The van der Waals surface area contributed by atoms with Gasteiger partial charge >= 0.3 is 0 Å². The molecule has 0 aromatic carbocycles. The van der Waals surface area contributed by atoms with Crippen LogP contribution in [0, 0.1) is 5.92 Å². The fraction of sp³-hybridized carbons (Fsp3) is 0.545. The van der Waals surface area contributed by atoms with Crippen LogP contribution in [0.1, 0.15) is 25.6 Å². The molecule has 4 nitrogen and oxygen atoms in total. The topological polar surface area (TPSA) is 62.6 Å². The number of rotatable bonds is 4. The average molecular weight is 211 g/mol. The third kappa shape index (κ3) is 2.67. The normalized spacial score (nSPS) is 15.1. The second-order valence-electron chi connectivity index (χ2n) is 3.77. The molecule has 4 heteroatoms. The predicted molar refractivity (Wildman–Crippen MR) is 56.6 cm³/mol. The molecule has 0 aliphatic heterocycles. The summed E-state index contributed by atoms with van der Waals surface area (Å²) in [6, 6.07) is 3.43. The van der Waals surface area contributed by atoms with E-state index in [0.717, 1.165) is 0 Å². The van der Waals surface area contributed by atoms with Crippen LogP contribution in [0.15, 0.2) is 18.3 Å². The van der Waals surface area contributed by atoms with E-state index in [1.807, 2.05) is 13.8 Å². The van der Waals surface area contributed by atoms with E-state index >= 15 is 0 Å². The Hall–Kier alpha value is -1.13. The van der Waals surface area contributed by atoms with E-state index in [1.165, 1.54) is 7.11 Å². The van der Waals surface area contributed by atoms with E-state index in [0.29, 0.717) is 11.4 Å². The summed E-state index contributed by atoms with van der Waals surface area (Å²) in [5, 5.41) is 19.6. The van der Waals surface area contributed by atoms with Crippen molar-refractivity contribution in [2.45, 2.75) is 26.1 Å². The molecule has 2 atom stereocenters. The third-order valence-corrected chi connectivity index (χ3v) is 2.31. The Balaban J connectivity index is 2.94. The number of pyridine rings is 1. The lowest BCUT2D eigenvalue weighted by atomic mass is 9.99. The van der Waals surface area contributed by atoms with Crippen molar-refractivity contribution in [2.75, 3.05) is 7.11 Å². The van der Waals surface area contributed by atoms with Gasteiger partial charge in [0.25, 0.3) is 0 Å². The van der Waals surface area contributed by atoms with Crippen LogP contribution in [0.5, 0.6) is 5.75 Å². The van der Waals surface area contributed by atoms with Crippen molar-refractivity contribution in [1.29, 1.82) is 0 Å². The number of aliphatic hydroxyl groups excluding tert-OH is 2. The van der Waals surface area contributed by atoms with Crippen molar-refractivity contribution < 1.29 is 14.9 Å². The van der Waals surface area contributed by atoms with Crippen LogP contribution in [0.25, 0.3) is 0 Å². The van der Waals surface area contributed by atoms with E-state index in [1.54, 1.807) is 18.3 Å². The molecule has 1 heterocycles. The zero-order valence-corrected chi connectivity index (χ0v) is 9.21. The number of aliphatic hydroxyl groups is 2. The van der Waals surface area contributed by atoms with Crippen molar-refractivity contribution in [2.24, 2.45) is 5.92 Å². The van der Waals surface area contributed by atoms with Crippen molar-refractivity contribution >= 4 is 0 Å². The Morgan fingerprint density at radius 1 is 1.33 bits per heavy atom. The first-order valence-electron chi connectivity index (χ1n) is 4.93. The van der Waals surface area contributed by atoms with Gasteiger partial charge in [0.05, 0.1) is 13.2 Å². The molecule has 0 fully saturated rings. The minimum absolute atomic E-state index is 0.0355. The van der Waals surface area contributed by atoms with Crippen LogP contribution >= 0.6 is 0 Å². The van der Waals surface area contributed by atoms with Crippen LogP contribution < -0.4 is 4.74 Å². The van der Waals surface area contributed by atoms with Crippen molar-refractivity contribution in [3.63, 3.8) is 0 Å². The Morgan fingerprint density at radius 2 is 2.00 bits per heavy atom. The highest BCUT2D eigenvalue weighted by Crippen LogP contribution is 2.27. The standard InChI is InChI=1S/C11H17NO3/c1-7(2)10(13)11(14)9-8(15-3)5-4-6-12-9/h4-7,10-11,13-14H,1-3H3. The van der Waals surface area contributed by atoms with Crippen molar-refractivity contribution in [3.8, 4) is 5.75 Å². The molecule has 1 aromatic heterocycles. The zero-order chi connectivity index (χ0) is 11.4. The highest BCUT2D eigenvalue weighted by Gasteiger charge is 2.25. The molecule has 0 bridgehead atoms. The second-order valence-corrected chi connectivity index (χ2v) is 3.77. The summed E-state index contributed by atoms with van der Waals surface area (Å²) in [5.41, 5.74) is 0.376. The Bertz CT molecular complexity index is 314. The monoisotopic (exact) mass is 211 g/mol. The summed E-state index contributed by atoms with van der Waals surface area (Å²) in [4.78, 5) is 4.02. The number of aromatic nitrogens is 1. The summed E-state index contributed by atoms with van der Waals surface area (Å²) in [5.74, 6) is 0.455. The molecule has 0 radical (unpaired) electrons. The van der Waals surface area contributed by atoms with Gasteiger partial charge < -0.3 is 14.9 Å². The molecular formula is C11H17NO3.